The van der Waals surface area contributed by atoms with Gasteiger partial charge in [-0.2, -0.15) is 0 Å². The number of phenolic OH excluding ortho intramolecular Hbond substituents is 1. The summed E-state index contributed by atoms with van der Waals surface area (Å²) in [6.45, 7) is 2.53. The third kappa shape index (κ3) is 5.49. The summed E-state index contributed by atoms with van der Waals surface area (Å²) < 4.78 is 28.3. The number of hydrogen-bond donors (Lipinski definition) is 3. The van der Waals surface area contributed by atoms with Crippen molar-refractivity contribution in [2.75, 3.05) is 0 Å². The van der Waals surface area contributed by atoms with Crippen LogP contribution >= 0.6 is 0 Å². The second kappa shape index (κ2) is 9.18. The molecule has 3 aromatic carbocycles. The first kappa shape index (κ1) is 22.9. The highest BCUT2D eigenvalue weighted by molar-refractivity contribution is 5.94. The summed E-state index contributed by atoms with van der Waals surface area (Å²) in [6, 6.07) is 15.4. The van der Waals surface area contributed by atoms with Crippen molar-refractivity contribution in [3.63, 3.8) is 0 Å². The van der Waals surface area contributed by atoms with Crippen LogP contribution in [0.3, 0.4) is 0 Å². The van der Waals surface area contributed by atoms with Crippen LogP contribution in [0.2, 0.25) is 0 Å². The number of halogens is 2. The van der Waals surface area contributed by atoms with Crippen LogP contribution in [-0.2, 0) is 23.4 Å². The van der Waals surface area contributed by atoms with Gasteiger partial charge in [-0.3, -0.25) is 9.59 Å². The number of rotatable bonds is 7. The summed E-state index contributed by atoms with van der Waals surface area (Å²) in [5, 5.41) is 21.7. The van der Waals surface area contributed by atoms with E-state index in [1.807, 2.05) is 6.07 Å². The predicted octanol–water partition coefficient (Wildman–Crippen LogP) is 4.96. The third-order valence-electron chi connectivity index (χ3n) is 5.03. The Morgan fingerprint density at radius 3 is 2.38 bits per heavy atom. The number of nitrogens with one attached hydrogen (secondary N) is 1. The van der Waals surface area contributed by atoms with Gasteiger partial charge in [0.25, 0.3) is 5.91 Å². The number of aliphatic carboxylic acids is 1. The molecule has 32 heavy (non-hydrogen) atoms. The zero-order chi connectivity index (χ0) is 23.5. The summed E-state index contributed by atoms with van der Waals surface area (Å²) >= 11 is 0. The lowest BCUT2D eigenvalue weighted by molar-refractivity contribution is -0.136. The highest BCUT2D eigenvalue weighted by atomic mass is 19.1. The number of alkyl halides is 1. The largest absolute Gasteiger partial charge is 0.508 e. The Balaban J connectivity index is 1.78. The van der Waals surface area contributed by atoms with E-state index in [4.69, 9.17) is 5.11 Å². The quantitative estimate of drug-likeness (QED) is 0.486. The Hall–Kier alpha value is -3.74. The molecule has 0 atom stereocenters. The molecule has 3 N–H and O–H groups in total. The van der Waals surface area contributed by atoms with Crippen LogP contribution in [-0.4, -0.2) is 22.1 Å². The molecule has 166 valence electrons. The minimum atomic E-state index is -1.73. The summed E-state index contributed by atoms with van der Waals surface area (Å²) in [4.78, 5) is 23.4. The first-order chi connectivity index (χ1) is 15.0. The van der Waals surface area contributed by atoms with Gasteiger partial charge in [-0.1, -0.05) is 36.4 Å². The van der Waals surface area contributed by atoms with Crippen molar-refractivity contribution in [1.29, 1.82) is 0 Å². The first-order valence-corrected chi connectivity index (χ1v) is 9.95. The number of aromatic hydroxyl groups is 1. The van der Waals surface area contributed by atoms with Gasteiger partial charge in [0, 0.05) is 12.1 Å². The van der Waals surface area contributed by atoms with Gasteiger partial charge in [-0.25, -0.2) is 8.78 Å². The number of carbonyl (C=O) groups excluding carboxylic acids is 1. The van der Waals surface area contributed by atoms with Gasteiger partial charge in [0.15, 0.2) is 0 Å². The summed E-state index contributed by atoms with van der Waals surface area (Å²) in [5.74, 6) is -2.52. The van der Waals surface area contributed by atoms with E-state index in [0.717, 1.165) is 17.2 Å². The molecule has 0 aliphatic rings. The normalized spacial score (nSPS) is 11.2. The van der Waals surface area contributed by atoms with Gasteiger partial charge in [-0.15, -0.1) is 0 Å². The molecule has 0 bridgehead atoms. The zero-order valence-corrected chi connectivity index (χ0v) is 17.7. The first-order valence-electron chi connectivity index (χ1n) is 9.95. The Morgan fingerprint density at radius 1 is 1.00 bits per heavy atom. The predicted molar refractivity (Wildman–Crippen MR) is 117 cm³/mol. The van der Waals surface area contributed by atoms with E-state index < -0.39 is 23.4 Å². The summed E-state index contributed by atoms with van der Waals surface area (Å²) in [6.07, 6.45) is -0.112. The third-order valence-corrected chi connectivity index (χ3v) is 5.03. The van der Waals surface area contributed by atoms with E-state index in [1.54, 1.807) is 30.3 Å². The lowest BCUT2D eigenvalue weighted by Gasteiger charge is -2.15. The van der Waals surface area contributed by atoms with Gasteiger partial charge < -0.3 is 15.5 Å². The minimum Gasteiger partial charge on any atom is -0.508 e. The molecule has 0 saturated heterocycles. The molecule has 0 heterocycles. The average molecular weight is 439 g/mol. The number of carbonyl (C=O) groups is 2. The molecule has 3 aromatic rings. The molecule has 3 rings (SSSR count). The lowest BCUT2D eigenvalue weighted by atomic mass is 9.98. The lowest BCUT2D eigenvalue weighted by Crippen LogP contribution is -2.24. The molecular formula is C25H23F2NO4. The topological polar surface area (TPSA) is 86.6 Å². The van der Waals surface area contributed by atoms with E-state index >= 15 is 0 Å². The SMILES string of the molecule is CC(C)(F)c1ccc(C(=O)NCc2cc(-c3cccc(CC(=O)O)c3)ccc2O)c(F)c1. The fourth-order valence-electron chi connectivity index (χ4n) is 3.28. The fraction of sp³-hybridized carbons (Fsp3) is 0.200. The maximum Gasteiger partial charge on any atom is 0.307 e. The average Bonchev–Trinajstić information content (AvgIpc) is 2.72. The standard InChI is InChI=1S/C25H23F2NO4/c1-25(2,27)19-7-8-20(21(26)13-19)24(32)28-14-18-12-17(6-9-22(18)29)16-5-3-4-15(10-16)11-23(30)31/h3-10,12-13,29H,11,14H2,1-2H3,(H,28,32)(H,30,31). The molecule has 0 aromatic heterocycles. The van der Waals surface area contributed by atoms with Crippen molar-refractivity contribution in [1.82, 2.24) is 5.32 Å². The van der Waals surface area contributed by atoms with Crippen molar-refractivity contribution in [2.45, 2.75) is 32.5 Å². The molecule has 1 amide bonds. The fourth-order valence-corrected chi connectivity index (χ4v) is 3.28. The van der Waals surface area contributed by atoms with Gasteiger partial charge in [0.05, 0.1) is 12.0 Å². The van der Waals surface area contributed by atoms with Gasteiger partial charge in [0.1, 0.15) is 17.2 Å². The monoisotopic (exact) mass is 439 g/mol. The number of carboxylic acids is 1. The van der Waals surface area contributed by atoms with Crippen molar-refractivity contribution < 1.29 is 28.6 Å². The van der Waals surface area contributed by atoms with Crippen LogP contribution in [0.25, 0.3) is 11.1 Å². The molecule has 0 saturated carbocycles. The Morgan fingerprint density at radius 2 is 1.72 bits per heavy atom. The van der Waals surface area contributed by atoms with E-state index in [0.29, 0.717) is 11.1 Å². The Bertz CT molecular complexity index is 1170. The van der Waals surface area contributed by atoms with E-state index in [1.165, 1.54) is 32.0 Å². The van der Waals surface area contributed by atoms with E-state index in [-0.39, 0.29) is 29.8 Å². The van der Waals surface area contributed by atoms with Crippen LogP contribution in [0, 0.1) is 5.82 Å². The maximum absolute atomic E-state index is 14.3. The molecule has 7 heteroatoms. The van der Waals surface area contributed by atoms with Crippen LogP contribution in [0.1, 0.15) is 40.9 Å². The van der Waals surface area contributed by atoms with Gasteiger partial charge >= 0.3 is 5.97 Å². The van der Waals surface area contributed by atoms with Crippen molar-refractivity contribution in [2.24, 2.45) is 0 Å². The number of benzene rings is 3. The summed E-state index contributed by atoms with van der Waals surface area (Å²) in [7, 11) is 0. The van der Waals surface area contributed by atoms with Gasteiger partial charge in [-0.05, 0) is 60.4 Å². The highest BCUT2D eigenvalue weighted by Gasteiger charge is 2.22. The number of amides is 1. The maximum atomic E-state index is 14.3. The van der Waals surface area contributed by atoms with Crippen LogP contribution in [0.4, 0.5) is 8.78 Å². The van der Waals surface area contributed by atoms with Crippen molar-refractivity contribution in [3.05, 3.63) is 88.7 Å². The molecule has 0 spiro atoms. The molecule has 0 aliphatic heterocycles. The number of carboxylic acid groups (broad SMARTS) is 1. The molecule has 0 fully saturated rings. The molecule has 0 aliphatic carbocycles. The highest BCUT2D eigenvalue weighted by Crippen LogP contribution is 2.28. The second-order valence-corrected chi connectivity index (χ2v) is 7.96. The second-order valence-electron chi connectivity index (χ2n) is 7.96. The number of phenols is 1. The van der Waals surface area contributed by atoms with E-state index in [2.05, 4.69) is 5.32 Å². The summed E-state index contributed by atoms with van der Waals surface area (Å²) in [5.41, 5.74) is 0.683. The Kier molecular flexibility index (Phi) is 6.58. The molecular weight excluding hydrogens is 416 g/mol. The molecule has 0 radical (unpaired) electrons. The van der Waals surface area contributed by atoms with Gasteiger partial charge in [0.2, 0.25) is 0 Å². The van der Waals surface area contributed by atoms with Crippen LogP contribution in [0.5, 0.6) is 5.75 Å². The minimum absolute atomic E-state index is 0.0502. The smallest absolute Gasteiger partial charge is 0.307 e. The van der Waals surface area contributed by atoms with Crippen LogP contribution in [0.15, 0.2) is 60.7 Å². The van der Waals surface area contributed by atoms with Crippen LogP contribution < -0.4 is 5.32 Å². The number of hydrogen-bond acceptors (Lipinski definition) is 3. The zero-order valence-electron chi connectivity index (χ0n) is 17.7. The van der Waals surface area contributed by atoms with Crippen molar-refractivity contribution in [3.8, 4) is 16.9 Å². The molecule has 5 nitrogen and oxygen atoms in total. The molecule has 0 unspecified atom stereocenters. The van der Waals surface area contributed by atoms with Crippen molar-refractivity contribution >= 4 is 11.9 Å². The Labute approximate surface area is 184 Å². The van der Waals surface area contributed by atoms with E-state index in [9.17, 15) is 23.5 Å².